The Morgan fingerprint density at radius 2 is 1.90 bits per heavy atom. The maximum Gasteiger partial charge on any atom is 0.335 e. The maximum atomic E-state index is 12.5. The van der Waals surface area contributed by atoms with Crippen molar-refractivity contribution in [2.24, 2.45) is 0 Å². The van der Waals surface area contributed by atoms with Crippen LogP contribution in [0.15, 0.2) is 59.4 Å². The maximum absolute atomic E-state index is 12.5. The molecular formula is C20H17N3O6. The number of carboxylic acids is 1. The van der Waals surface area contributed by atoms with Gasteiger partial charge in [-0.2, -0.15) is 9.78 Å². The van der Waals surface area contributed by atoms with E-state index < -0.39 is 23.2 Å². The summed E-state index contributed by atoms with van der Waals surface area (Å²) in [5.41, 5.74) is -0.0518. The van der Waals surface area contributed by atoms with E-state index in [1.807, 2.05) is 0 Å². The second-order valence-electron chi connectivity index (χ2n) is 5.99. The van der Waals surface area contributed by atoms with Crippen LogP contribution in [0.5, 0.6) is 11.5 Å². The average Bonchev–Trinajstić information content (AvgIpc) is 2.72. The van der Waals surface area contributed by atoms with Crippen LogP contribution in [-0.4, -0.2) is 39.0 Å². The largest absolute Gasteiger partial charge is 0.505 e. The molecule has 3 rings (SSSR count). The van der Waals surface area contributed by atoms with Crippen molar-refractivity contribution in [1.82, 2.24) is 15.1 Å². The van der Waals surface area contributed by atoms with Crippen LogP contribution in [0.3, 0.4) is 0 Å². The molecule has 0 aliphatic heterocycles. The third-order valence-electron chi connectivity index (χ3n) is 4.07. The molecule has 0 saturated heterocycles. The quantitative estimate of drug-likeness (QED) is 0.577. The van der Waals surface area contributed by atoms with E-state index in [2.05, 4.69) is 10.4 Å². The summed E-state index contributed by atoms with van der Waals surface area (Å²) < 4.78 is 6.17. The standard InChI is InChI=1S/C20H17N3O6/c1-29-16-8-3-2-7-14(16)23-17(25)10-15(24)18(22-23)19(26)21-11-12-5-4-6-13(9-12)20(27)28/h2-10,24H,11H2,1H3,(H,21,26)(H,27,28). The summed E-state index contributed by atoms with van der Waals surface area (Å²) in [5.74, 6) is -2.02. The summed E-state index contributed by atoms with van der Waals surface area (Å²) in [6, 6.07) is 13.6. The minimum absolute atomic E-state index is 0.00879. The molecule has 0 bridgehead atoms. The van der Waals surface area contributed by atoms with Crippen molar-refractivity contribution in [1.29, 1.82) is 0 Å². The SMILES string of the molecule is COc1ccccc1-n1nc(C(=O)NCc2cccc(C(=O)O)c2)c(O)cc1=O. The molecule has 3 N–H and O–H groups in total. The molecule has 0 fully saturated rings. The lowest BCUT2D eigenvalue weighted by molar-refractivity contribution is 0.0696. The number of carbonyl (C=O) groups is 2. The molecule has 29 heavy (non-hydrogen) atoms. The van der Waals surface area contributed by atoms with Gasteiger partial charge < -0.3 is 20.3 Å². The fraction of sp³-hybridized carbons (Fsp3) is 0.100. The first-order valence-corrected chi connectivity index (χ1v) is 8.48. The first kappa shape index (κ1) is 19.6. The number of amides is 1. The van der Waals surface area contributed by atoms with Gasteiger partial charge in [-0.05, 0) is 29.8 Å². The minimum atomic E-state index is -1.08. The van der Waals surface area contributed by atoms with Crippen LogP contribution in [0.2, 0.25) is 0 Å². The van der Waals surface area contributed by atoms with E-state index in [9.17, 15) is 19.5 Å². The number of ether oxygens (including phenoxy) is 1. The number of hydrogen-bond donors (Lipinski definition) is 3. The molecule has 0 spiro atoms. The van der Waals surface area contributed by atoms with Gasteiger partial charge in [0.15, 0.2) is 11.4 Å². The molecule has 1 aromatic heterocycles. The predicted octanol–water partition coefficient (Wildman–Crippen LogP) is 1.57. The van der Waals surface area contributed by atoms with Crippen molar-refractivity contribution < 1.29 is 24.5 Å². The third-order valence-corrected chi connectivity index (χ3v) is 4.07. The number of carboxylic acid groups (broad SMARTS) is 1. The molecule has 0 unspecified atom stereocenters. The Bertz CT molecular complexity index is 1140. The number of benzene rings is 2. The second-order valence-corrected chi connectivity index (χ2v) is 5.99. The van der Waals surface area contributed by atoms with Crippen molar-refractivity contribution in [3.8, 4) is 17.2 Å². The highest BCUT2D eigenvalue weighted by Crippen LogP contribution is 2.21. The highest BCUT2D eigenvalue weighted by Gasteiger charge is 2.18. The van der Waals surface area contributed by atoms with E-state index in [4.69, 9.17) is 9.84 Å². The molecule has 3 aromatic rings. The molecule has 0 radical (unpaired) electrons. The lowest BCUT2D eigenvalue weighted by Crippen LogP contribution is -2.29. The lowest BCUT2D eigenvalue weighted by Gasteiger charge is -2.12. The Morgan fingerprint density at radius 3 is 2.62 bits per heavy atom. The molecule has 148 valence electrons. The molecular weight excluding hydrogens is 378 g/mol. The zero-order valence-electron chi connectivity index (χ0n) is 15.3. The fourth-order valence-corrected chi connectivity index (χ4v) is 2.67. The number of aromatic nitrogens is 2. The Kier molecular flexibility index (Phi) is 5.59. The first-order valence-electron chi connectivity index (χ1n) is 8.48. The van der Waals surface area contributed by atoms with Crippen LogP contribution < -0.4 is 15.6 Å². The van der Waals surface area contributed by atoms with Crippen LogP contribution in [0.25, 0.3) is 5.69 Å². The van der Waals surface area contributed by atoms with Crippen LogP contribution in [-0.2, 0) is 6.54 Å². The summed E-state index contributed by atoms with van der Waals surface area (Å²) in [6.07, 6.45) is 0. The Morgan fingerprint density at radius 1 is 1.14 bits per heavy atom. The highest BCUT2D eigenvalue weighted by atomic mass is 16.5. The summed E-state index contributed by atoms with van der Waals surface area (Å²) >= 11 is 0. The van der Waals surface area contributed by atoms with E-state index in [0.29, 0.717) is 17.0 Å². The topological polar surface area (TPSA) is 131 Å². The van der Waals surface area contributed by atoms with Crippen molar-refractivity contribution in [2.45, 2.75) is 6.54 Å². The second kappa shape index (κ2) is 8.26. The van der Waals surface area contributed by atoms with Crippen LogP contribution in [0.1, 0.15) is 26.4 Å². The summed E-state index contributed by atoms with van der Waals surface area (Å²) in [7, 11) is 1.43. The zero-order chi connectivity index (χ0) is 21.0. The zero-order valence-corrected chi connectivity index (χ0v) is 15.3. The van der Waals surface area contributed by atoms with E-state index in [0.717, 1.165) is 10.7 Å². The molecule has 0 atom stereocenters. The van der Waals surface area contributed by atoms with Gasteiger partial charge in [0, 0.05) is 12.6 Å². The van der Waals surface area contributed by atoms with E-state index in [1.165, 1.54) is 19.2 Å². The monoisotopic (exact) mass is 395 g/mol. The van der Waals surface area contributed by atoms with E-state index in [1.54, 1.807) is 36.4 Å². The summed E-state index contributed by atoms with van der Waals surface area (Å²) in [4.78, 5) is 35.8. The van der Waals surface area contributed by atoms with Crippen molar-refractivity contribution in [2.75, 3.05) is 7.11 Å². The molecule has 0 saturated carbocycles. The normalized spacial score (nSPS) is 10.4. The molecule has 1 amide bonds. The van der Waals surface area contributed by atoms with E-state index in [-0.39, 0.29) is 17.8 Å². The van der Waals surface area contributed by atoms with E-state index >= 15 is 0 Å². The molecule has 9 heteroatoms. The van der Waals surface area contributed by atoms with Crippen LogP contribution >= 0.6 is 0 Å². The number of methoxy groups -OCH3 is 1. The Balaban J connectivity index is 1.89. The number of carbonyl (C=O) groups excluding carboxylic acids is 1. The van der Waals surface area contributed by atoms with Gasteiger partial charge in [0.05, 0.1) is 12.7 Å². The summed E-state index contributed by atoms with van der Waals surface area (Å²) in [5, 5.41) is 25.6. The molecule has 2 aromatic carbocycles. The van der Waals surface area contributed by atoms with Crippen molar-refractivity contribution >= 4 is 11.9 Å². The number of rotatable bonds is 6. The Hall–Kier alpha value is -4.14. The number of nitrogens with one attached hydrogen (secondary N) is 1. The van der Waals surface area contributed by atoms with Crippen LogP contribution in [0, 0.1) is 0 Å². The van der Waals surface area contributed by atoms with Gasteiger partial charge in [-0.15, -0.1) is 0 Å². The number of para-hydroxylation sites is 2. The fourth-order valence-electron chi connectivity index (χ4n) is 2.67. The van der Waals surface area contributed by atoms with Gasteiger partial charge in [-0.1, -0.05) is 24.3 Å². The average molecular weight is 395 g/mol. The molecule has 9 nitrogen and oxygen atoms in total. The number of nitrogens with zero attached hydrogens (tertiary/aromatic N) is 2. The minimum Gasteiger partial charge on any atom is -0.505 e. The van der Waals surface area contributed by atoms with Crippen molar-refractivity contribution in [3.05, 3.63) is 81.8 Å². The van der Waals surface area contributed by atoms with Gasteiger partial charge in [-0.25, -0.2) is 4.79 Å². The molecule has 0 aliphatic carbocycles. The number of aromatic carboxylic acids is 1. The Labute approximate surface area is 164 Å². The van der Waals surface area contributed by atoms with Gasteiger partial charge in [-0.3, -0.25) is 9.59 Å². The number of hydrogen-bond acceptors (Lipinski definition) is 6. The van der Waals surface area contributed by atoms with Gasteiger partial charge in [0.25, 0.3) is 11.5 Å². The van der Waals surface area contributed by atoms with Crippen LogP contribution in [0.4, 0.5) is 0 Å². The smallest absolute Gasteiger partial charge is 0.335 e. The first-order chi connectivity index (χ1) is 13.9. The van der Waals surface area contributed by atoms with Gasteiger partial charge >= 0.3 is 5.97 Å². The predicted molar refractivity (Wildman–Crippen MR) is 103 cm³/mol. The number of aromatic hydroxyl groups is 1. The van der Waals surface area contributed by atoms with Crippen molar-refractivity contribution in [3.63, 3.8) is 0 Å². The molecule has 1 heterocycles. The molecule has 0 aliphatic rings. The van der Waals surface area contributed by atoms with Gasteiger partial charge in [0.1, 0.15) is 11.4 Å². The summed E-state index contributed by atoms with van der Waals surface area (Å²) in [6.45, 7) is 0.00879. The highest BCUT2D eigenvalue weighted by molar-refractivity contribution is 5.94. The lowest BCUT2D eigenvalue weighted by atomic mass is 10.1. The van der Waals surface area contributed by atoms with Gasteiger partial charge in [0.2, 0.25) is 0 Å². The third kappa shape index (κ3) is 4.24.